The molecule has 1 aromatic carbocycles. The van der Waals surface area contributed by atoms with Crippen molar-refractivity contribution < 1.29 is 14.0 Å². The van der Waals surface area contributed by atoms with Crippen LogP contribution in [0.4, 0.5) is 6.01 Å². The third-order valence-electron chi connectivity index (χ3n) is 5.94. The summed E-state index contributed by atoms with van der Waals surface area (Å²) in [5.74, 6) is 2.72. The monoisotopic (exact) mass is 373 g/mol. The zero-order chi connectivity index (χ0) is 19.8. The summed E-state index contributed by atoms with van der Waals surface area (Å²) in [7, 11) is 0. The van der Waals surface area contributed by atoms with Crippen LogP contribution in [-0.2, 0) is 15.0 Å². The van der Waals surface area contributed by atoms with Crippen LogP contribution in [0, 0.1) is 17.8 Å². The Labute approximate surface area is 162 Å². The second-order valence-corrected chi connectivity index (χ2v) is 8.38. The second kappa shape index (κ2) is 5.14. The van der Waals surface area contributed by atoms with Crippen LogP contribution < -0.4 is 5.73 Å². The van der Waals surface area contributed by atoms with Gasteiger partial charge in [-0.15, -0.1) is 6.42 Å². The number of carbonyl (C=O) groups excluding carboxylic acids is 2. The Morgan fingerprint density at radius 3 is 2.79 bits per heavy atom. The molecule has 1 atom stereocenters. The quantitative estimate of drug-likeness (QED) is 0.776. The lowest BCUT2D eigenvalue weighted by atomic mass is 9.67. The molecule has 2 N–H and O–H groups in total. The highest BCUT2D eigenvalue weighted by Crippen LogP contribution is 2.60. The number of amides is 1. The van der Waals surface area contributed by atoms with Crippen LogP contribution in [0.5, 0.6) is 0 Å². The summed E-state index contributed by atoms with van der Waals surface area (Å²) in [6.07, 6.45) is 6.52. The van der Waals surface area contributed by atoms with Crippen LogP contribution in [0.15, 0.2) is 40.0 Å². The van der Waals surface area contributed by atoms with Crippen molar-refractivity contribution >= 4 is 17.7 Å². The van der Waals surface area contributed by atoms with E-state index in [1.165, 1.54) is 0 Å². The number of rotatable bonds is 1. The number of hydrogen-bond donors (Lipinski definition) is 1. The predicted molar refractivity (Wildman–Crippen MR) is 103 cm³/mol. The van der Waals surface area contributed by atoms with E-state index in [4.69, 9.17) is 16.6 Å². The molecule has 1 aliphatic heterocycles. The Balaban J connectivity index is 1.89. The van der Waals surface area contributed by atoms with Crippen molar-refractivity contribution in [2.24, 2.45) is 5.41 Å². The van der Waals surface area contributed by atoms with Crippen molar-refractivity contribution in [2.45, 2.75) is 32.1 Å². The number of Topliss-reactive ketones (excluding diaryl/α,β-unsaturated/α-hetero) is 1. The first-order valence-electron chi connectivity index (χ1n) is 9.20. The normalized spacial score (nSPS) is 24.4. The molecule has 6 nitrogen and oxygen atoms in total. The predicted octanol–water partition coefficient (Wildman–Crippen LogP) is 2.64. The Kier molecular flexibility index (Phi) is 3.08. The zero-order valence-corrected chi connectivity index (χ0v) is 15.7. The Morgan fingerprint density at radius 1 is 1.29 bits per heavy atom. The first-order valence-corrected chi connectivity index (χ1v) is 9.20. The summed E-state index contributed by atoms with van der Waals surface area (Å²) in [4.78, 5) is 33.2. The lowest BCUT2D eigenvalue weighted by Crippen LogP contribution is -2.42. The van der Waals surface area contributed by atoms with E-state index in [-0.39, 0.29) is 29.7 Å². The summed E-state index contributed by atoms with van der Waals surface area (Å²) >= 11 is 0. The number of benzene rings is 1. The molecule has 0 saturated carbocycles. The molecule has 140 valence electrons. The molecule has 1 spiro atoms. The van der Waals surface area contributed by atoms with Gasteiger partial charge in [0.1, 0.15) is 5.69 Å². The maximum absolute atomic E-state index is 13.9. The third-order valence-corrected chi connectivity index (χ3v) is 5.94. The Morgan fingerprint density at radius 2 is 2.04 bits per heavy atom. The van der Waals surface area contributed by atoms with Crippen LogP contribution in [0.1, 0.15) is 37.9 Å². The molecular formula is C22H19N3O3. The molecule has 5 rings (SSSR count). The smallest absolute Gasteiger partial charge is 0.292 e. The van der Waals surface area contributed by atoms with Crippen molar-refractivity contribution in [3.8, 4) is 23.7 Å². The van der Waals surface area contributed by atoms with Crippen LogP contribution in [-0.4, -0.2) is 28.1 Å². The van der Waals surface area contributed by atoms with E-state index in [1.807, 2.05) is 38.1 Å². The van der Waals surface area contributed by atoms with Gasteiger partial charge in [-0.25, -0.2) is 0 Å². The van der Waals surface area contributed by atoms with Gasteiger partial charge in [-0.1, -0.05) is 44.0 Å². The number of anilines is 1. The fourth-order valence-electron chi connectivity index (χ4n) is 5.01. The summed E-state index contributed by atoms with van der Waals surface area (Å²) in [6, 6.07) is 7.41. The van der Waals surface area contributed by atoms with Crippen LogP contribution >= 0.6 is 0 Å². The number of terminal acetylenes is 1. The molecule has 6 heteroatoms. The van der Waals surface area contributed by atoms with Crippen molar-refractivity contribution in [3.63, 3.8) is 0 Å². The molecule has 0 bridgehead atoms. The number of nitrogens with zero attached hydrogens (tertiary/aromatic N) is 2. The summed E-state index contributed by atoms with van der Waals surface area (Å²) in [5, 5.41) is 0. The fraction of sp³-hybridized carbons (Fsp3) is 0.318. The van der Waals surface area contributed by atoms with Crippen molar-refractivity contribution in [1.29, 1.82) is 0 Å². The van der Waals surface area contributed by atoms with Gasteiger partial charge in [0, 0.05) is 23.3 Å². The fourth-order valence-corrected chi connectivity index (χ4v) is 5.01. The first-order chi connectivity index (χ1) is 13.3. The van der Waals surface area contributed by atoms with Gasteiger partial charge in [0.25, 0.3) is 6.01 Å². The average Bonchev–Trinajstić information content (AvgIpc) is 3.20. The summed E-state index contributed by atoms with van der Waals surface area (Å²) in [6.45, 7) is 4.16. The maximum Gasteiger partial charge on any atom is 0.292 e. The van der Waals surface area contributed by atoms with Crippen molar-refractivity contribution in [1.82, 2.24) is 9.88 Å². The molecule has 3 aliphatic rings. The van der Waals surface area contributed by atoms with E-state index in [2.05, 4.69) is 10.9 Å². The number of nitrogen functional groups attached to an aromatic ring is 1. The lowest BCUT2D eigenvalue weighted by molar-refractivity contribution is -0.131. The SMILES string of the molecule is C#CCN1C(=O)[C@@]2(C3=C1CC(C)(C)CC3=O)c1ccccc1-c1oc(N)nc12. The highest BCUT2D eigenvalue weighted by molar-refractivity contribution is 6.17. The van der Waals surface area contributed by atoms with Crippen molar-refractivity contribution in [2.75, 3.05) is 12.3 Å². The molecule has 28 heavy (non-hydrogen) atoms. The second-order valence-electron chi connectivity index (χ2n) is 8.38. The van der Waals surface area contributed by atoms with Gasteiger partial charge in [-0.05, 0) is 17.4 Å². The van der Waals surface area contributed by atoms with Crippen LogP contribution in [0.2, 0.25) is 0 Å². The number of hydrogen-bond acceptors (Lipinski definition) is 5. The van der Waals surface area contributed by atoms with Gasteiger partial charge in [0.05, 0.1) is 6.54 Å². The molecule has 0 fully saturated rings. The van der Waals surface area contributed by atoms with E-state index in [0.717, 1.165) is 5.56 Å². The van der Waals surface area contributed by atoms with E-state index in [9.17, 15) is 9.59 Å². The molecule has 1 amide bonds. The van der Waals surface area contributed by atoms with Crippen LogP contribution in [0.3, 0.4) is 0 Å². The topological polar surface area (TPSA) is 89.4 Å². The first kappa shape index (κ1) is 16.8. The number of carbonyl (C=O) groups is 2. The molecule has 2 aliphatic carbocycles. The van der Waals surface area contributed by atoms with E-state index in [1.54, 1.807) is 4.90 Å². The molecule has 1 aromatic heterocycles. The zero-order valence-electron chi connectivity index (χ0n) is 15.7. The third kappa shape index (κ3) is 1.81. The van der Waals surface area contributed by atoms with Gasteiger partial charge in [-0.3, -0.25) is 9.59 Å². The number of oxazole rings is 1. The standard InChI is InChI=1S/C22H19N3O3/c1-4-9-25-14-10-21(2,3)11-15(26)16(14)22(19(25)27)13-8-6-5-7-12(13)17-18(22)24-20(23)28-17/h1,5-8H,9-11H2,2-3H3,(H2,23,24)/t22-/m1/s1. The summed E-state index contributed by atoms with van der Waals surface area (Å²) in [5.41, 5.74) is 7.29. The number of nitrogens with two attached hydrogens (primary N) is 1. The summed E-state index contributed by atoms with van der Waals surface area (Å²) < 4.78 is 5.66. The van der Waals surface area contributed by atoms with Gasteiger partial charge in [-0.2, -0.15) is 4.98 Å². The largest absolute Gasteiger partial charge is 0.423 e. The molecule has 0 radical (unpaired) electrons. The highest BCUT2D eigenvalue weighted by atomic mass is 16.4. The minimum Gasteiger partial charge on any atom is -0.423 e. The van der Waals surface area contributed by atoms with E-state index in [0.29, 0.717) is 41.1 Å². The molecule has 0 saturated heterocycles. The Bertz CT molecular complexity index is 1150. The van der Waals surface area contributed by atoms with Crippen LogP contribution in [0.25, 0.3) is 11.3 Å². The van der Waals surface area contributed by atoms with E-state index >= 15 is 0 Å². The minimum atomic E-state index is -1.33. The minimum absolute atomic E-state index is 0.0205. The highest BCUT2D eigenvalue weighted by Gasteiger charge is 2.64. The number of allylic oxidation sites excluding steroid dienone is 1. The number of fused-ring (bicyclic) bond motifs is 6. The Hall–Kier alpha value is -3.33. The van der Waals surface area contributed by atoms with Gasteiger partial charge in [0.2, 0.25) is 5.91 Å². The number of ketones is 1. The molecule has 2 aromatic rings. The average molecular weight is 373 g/mol. The van der Waals surface area contributed by atoms with E-state index < -0.39 is 5.41 Å². The van der Waals surface area contributed by atoms with Gasteiger partial charge < -0.3 is 15.1 Å². The molecular weight excluding hydrogens is 354 g/mol. The molecule has 0 unspecified atom stereocenters. The number of aromatic nitrogens is 1. The van der Waals surface area contributed by atoms with Crippen molar-refractivity contribution in [3.05, 3.63) is 46.8 Å². The molecule has 2 heterocycles. The lowest BCUT2D eigenvalue weighted by Gasteiger charge is -2.33. The maximum atomic E-state index is 13.9. The van der Waals surface area contributed by atoms with Gasteiger partial charge >= 0.3 is 0 Å². The van der Waals surface area contributed by atoms with Gasteiger partial charge in [0.15, 0.2) is 17.0 Å².